The summed E-state index contributed by atoms with van der Waals surface area (Å²) in [6.07, 6.45) is 0.364. The second kappa shape index (κ2) is 7.27. The van der Waals surface area contributed by atoms with Crippen LogP contribution in [0.3, 0.4) is 0 Å². The van der Waals surface area contributed by atoms with Gasteiger partial charge in [0.05, 0.1) is 0 Å². The summed E-state index contributed by atoms with van der Waals surface area (Å²) in [6.45, 7) is 0. The maximum absolute atomic E-state index is 12.6. The lowest BCUT2D eigenvalue weighted by Gasteiger charge is -2.20. The zero-order chi connectivity index (χ0) is 19.8. The van der Waals surface area contributed by atoms with Gasteiger partial charge in [-0.2, -0.15) is 21.6 Å². The SMILES string of the molecule is O=C1CCCC(OS(=O)(=O)C(F)(F)F)=C1Cc1ccc2c(Br)cccc2c1. The predicted molar refractivity (Wildman–Crippen MR) is 97.3 cm³/mol. The first-order valence-electron chi connectivity index (χ1n) is 8.01. The minimum Gasteiger partial charge on any atom is -0.380 e. The van der Waals surface area contributed by atoms with E-state index in [2.05, 4.69) is 20.1 Å². The molecule has 3 rings (SSSR count). The Morgan fingerprint density at radius 3 is 2.56 bits per heavy atom. The molecule has 0 saturated heterocycles. The Labute approximate surface area is 162 Å². The molecule has 144 valence electrons. The van der Waals surface area contributed by atoms with Crippen LogP contribution in [0, 0.1) is 0 Å². The lowest BCUT2D eigenvalue weighted by molar-refractivity contribution is -0.116. The molecule has 0 saturated carbocycles. The van der Waals surface area contributed by atoms with Gasteiger partial charge in [-0.3, -0.25) is 4.79 Å². The number of halogens is 4. The maximum Gasteiger partial charge on any atom is 0.534 e. The summed E-state index contributed by atoms with van der Waals surface area (Å²) in [5.41, 5.74) is -4.89. The summed E-state index contributed by atoms with van der Waals surface area (Å²) in [6, 6.07) is 11.0. The number of rotatable bonds is 4. The highest BCUT2D eigenvalue weighted by Gasteiger charge is 2.49. The van der Waals surface area contributed by atoms with E-state index < -0.39 is 27.2 Å². The highest BCUT2D eigenvalue weighted by Crippen LogP contribution is 2.33. The van der Waals surface area contributed by atoms with Crippen molar-refractivity contribution in [3.8, 4) is 0 Å². The van der Waals surface area contributed by atoms with Gasteiger partial charge in [-0.15, -0.1) is 0 Å². The number of alkyl halides is 3. The number of hydrogen-bond acceptors (Lipinski definition) is 4. The van der Waals surface area contributed by atoms with Crippen LogP contribution in [0.2, 0.25) is 0 Å². The highest BCUT2D eigenvalue weighted by atomic mass is 79.9. The Morgan fingerprint density at radius 1 is 1.11 bits per heavy atom. The second-order valence-corrected chi connectivity index (χ2v) is 8.53. The van der Waals surface area contributed by atoms with Crippen molar-refractivity contribution in [2.45, 2.75) is 31.2 Å². The molecule has 0 atom stereocenters. The number of ketones is 1. The molecule has 27 heavy (non-hydrogen) atoms. The zero-order valence-electron chi connectivity index (χ0n) is 13.8. The smallest absolute Gasteiger partial charge is 0.380 e. The molecule has 0 N–H and O–H groups in total. The van der Waals surface area contributed by atoms with Crippen molar-refractivity contribution in [1.82, 2.24) is 0 Å². The largest absolute Gasteiger partial charge is 0.534 e. The van der Waals surface area contributed by atoms with E-state index in [1.165, 1.54) is 0 Å². The summed E-state index contributed by atoms with van der Waals surface area (Å²) < 4.78 is 65.8. The van der Waals surface area contributed by atoms with Crippen LogP contribution in [0.15, 0.2) is 52.2 Å². The van der Waals surface area contributed by atoms with Gasteiger partial charge in [-0.1, -0.05) is 46.3 Å². The normalized spacial score (nSPS) is 16.1. The summed E-state index contributed by atoms with van der Waals surface area (Å²) >= 11 is 3.43. The van der Waals surface area contributed by atoms with Crippen molar-refractivity contribution in [1.29, 1.82) is 0 Å². The first kappa shape index (κ1) is 19.9. The number of carbonyl (C=O) groups excluding carboxylic acids is 1. The summed E-state index contributed by atoms with van der Waals surface area (Å²) in [7, 11) is -5.80. The van der Waals surface area contributed by atoms with Crippen molar-refractivity contribution in [2.24, 2.45) is 0 Å². The van der Waals surface area contributed by atoms with Crippen LogP contribution in [0.5, 0.6) is 0 Å². The Bertz CT molecular complexity index is 1040. The van der Waals surface area contributed by atoms with Gasteiger partial charge in [-0.05, 0) is 28.8 Å². The van der Waals surface area contributed by atoms with Crippen LogP contribution in [0.4, 0.5) is 13.2 Å². The number of allylic oxidation sites excluding steroid dienone is 2. The molecule has 0 heterocycles. The number of fused-ring (bicyclic) bond motifs is 1. The van der Waals surface area contributed by atoms with Gasteiger partial charge >= 0.3 is 15.6 Å². The van der Waals surface area contributed by atoms with Crippen LogP contribution < -0.4 is 0 Å². The van der Waals surface area contributed by atoms with Crippen LogP contribution in [0.1, 0.15) is 24.8 Å². The Kier molecular flexibility index (Phi) is 5.36. The average molecular weight is 463 g/mol. The monoisotopic (exact) mass is 462 g/mol. The van der Waals surface area contributed by atoms with Gasteiger partial charge < -0.3 is 4.18 Å². The molecule has 0 aromatic heterocycles. The lowest BCUT2D eigenvalue weighted by Crippen LogP contribution is -2.27. The van der Waals surface area contributed by atoms with E-state index in [0.717, 1.165) is 15.2 Å². The Hall–Kier alpha value is -1.87. The van der Waals surface area contributed by atoms with Crippen molar-refractivity contribution < 1.29 is 30.6 Å². The predicted octanol–water partition coefficient (Wildman–Crippen LogP) is 5.02. The van der Waals surface area contributed by atoms with Crippen LogP contribution in [-0.2, 0) is 25.5 Å². The molecule has 2 aromatic rings. The van der Waals surface area contributed by atoms with Crippen LogP contribution >= 0.6 is 15.9 Å². The molecule has 0 fully saturated rings. The zero-order valence-corrected chi connectivity index (χ0v) is 16.2. The molecule has 1 aliphatic carbocycles. The Balaban J connectivity index is 1.98. The molecule has 0 amide bonds. The number of Topliss-reactive ketones (excluding diaryl/α,β-unsaturated/α-hetero) is 1. The van der Waals surface area contributed by atoms with E-state index in [9.17, 15) is 26.4 Å². The van der Waals surface area contributed by atoms with E-state index in [0.29, 0.717) is 5.56 Å². The highest BCUT2D eigenvalue weighted by molar-refractivity contribution is 9.10. The van der Waals surface area contributed by atoms with Crippen molar-refractivity contribution >= 4 is 42.6 Å². The van der Waals surface area contributed by atoms with Gasteiger partial charge in [0.15, 0.2) is 5.78 Å². The molecular weight excluding hydrogens is 449 g/mol. The van der Waals surface area contributed by atoms with E-state index in [-0.39, 0.29) is 31.3 Å². The van der Waals surface area contributed by atoms with Gasteiger partial charge in [0.25, 0.3) is 0 Å². The van der Waals surface area contributed by atoms with Crippen molar-refractivity contribution in [3.05, 3.63) is 57.8 Å². The number of carbonyl (C=O) groups is 1. The van der Waals surface area contributed by atoms with Crippen molar-refractivity contribution in [2.75, 3.05) is 0 Å². The molecule has 0 unspecified atom stereocenters. The quantitative estimate of drug-likeness (QED) is 0.472. The fourth-order valence-electron chi connectivity index (χ4n) is 2.94. The Morgan fingerprint density at radius 2 is 1.85 bits per heavy atom. The third kappa shape index (κ3) is 4.19. The molecule has 9 heteroatoms. The minimum atomic E-state index is -5.80. The van der Waals surface area contributed by atoms with E-state index in [4.69, 9.17) is 0 Å². The first-order chi connectivity index (χ1) is 12.6. The molecule has 2 aromatic carbocycles. The summed E-state index contributed by atoms with van der Waals surface area (Å²) in [5.74, 6) is -0.819. The molecule has 0 radical (unpaired) electrons. The standard InChI is InChI=1S/C18H14BrF3O4S/c19-15-4-1-3-12-9-11(7-8-13(12)15)10-14-16(23)5-2-6-17(14)26-27(24,25)18(20,21)22/h1,3-4,7-9H,2,5-6,10H2. The number of benzene rings is 2. The van der Waals surface area contributed by atoms with Gasteiger partial charge in [-0.25, -0.2) is 0 Å². The number of hydrogen-bond donors (Lipinski definition) is 0. The molecular formula is C18H14BrF3O4S. The topological polar surface area (TPSA) is 60.4 Å². The van der Waals surface area contributed by atoms with Gasteiger partial charge in [0.2, 0.25) is 0 Å². The second-order valence-electron chi connectivity index (χ2n) is 6.13. The fourth-order valence-corrected chi connectivity index (χ4v) is 4.00. The van der Waals surface area contributed by atoms with Crippen LogP contribution in [-0.4, -0.2) is 19.7 Å². The third-order valence-corrected chi connectivity index (χ3v) is 5.93. The van der Waals surface area contributed by atoms with Gasteiger partial charge in [0.1, 0.15) is 5.76 Å². The average Bonchev–Trinajstić information content (AvgIpc) is 2.57. The van der Waals surface area contributed by atoms with E-state index in [1.807, 2.05) is 30.3 Å². The molecule has 0 spiro atoms. The fraction of sp³-hybridized carbons (Fsp3) is 0.278. The third-order valence-electron chi connectivity index (χ3n) is 4.25. The van der Waals surface area contributed by atoms with E-state index >= 15 is 0 Å². The molecule has 0 aliphatic heterocycles. The van der Waals surface area contributed by atoms with Crippen molar-refractivity contribution in [3.63, 3.8) is 0 Å². The molecule has 1 aliphatic rings. The summed E-state index contributed by atoms with van der Waals surface area (Å²) in [4.78, 5) is 12.2. The molecule has 4 nitrogen and oxygen atoms in total. The molecule has 0 bridgehead atoms. The van der Waals surface area contributed by atoms with Crippen LogP contribution in [0.25, 0.3) is 10.8 Å². The first-order valence-corrected chi connectivity index (χ1v) is 10.2. The summed E-state index contributed by atoms with van der Waals surface area (Å²) in [5, 5.41) is 1.83. The lowest BCUT2D eigenvalue weighted by atomic mass is 9.91. The van der Waals surface area contributed by atoms with E-state index in [1.54, 1.807) is 6.07 Å². The van der Waals surface area contributed by atoms with Gasteiger partial charge in [0, 0.05) is 29.3 Å². The maximum atomic E-state index is 12.6. The minimum absolute atomic E-state index is 0.00397.